The van der Waals surface area contributed by atoms with Crippen molar-refractivity contribution in [3.8, 4) is 0 Å². The number of cyclic esters (lactones) is 1. The Morgan fingerprint density at radius 1 is 1.27 bits per heavy atom. The first-order valence-corrected chi connectivity index (χ1v) is 5.78. The smallest absolute Gasteiger partial charge is 0.313 e. The van der Waals surface area contributed by atoms with E-state index in [0.29, 0.717) is 0 Å². The fourth-order valence-electron chi connectivity index (χ4n) is 3.42. The SMILES string of the molecule is CCC1(CC)OC(=O)[C@H]2[C@@H]1[C@@H]1C=C[C@H]2O1. The first-order chi connectivity index (χ1) is 7.22. The second-order valence-electron chi connectivity index (χ2n) is 4.69. The molecular weight excluding hydrogens is 192 g/mol. The van der Waals surface area contributed by atoms with Crippen molar-refractivity contribution in [3.05, 3.63) is 12.2 Å². The molecule has 3 heterocycles. The van der Waals surface area contributed by atoms with Crippen LogP contribution in [-0.4, -0.2) is 23.8 Å². The number of hydrogen-bond acceptors (Lipinski definition) is 3. The van der Waals surface area contributed by atoms with Gasteiger partial charge in [-0.2, -0.15) is 0 Å². The molecule has 0 aromatic heterocycles. The van der Waals surface area contributed by atoms with Crippen LogP contribution in [0.3, 0.4) is 0 Å². The van der Waals surface area contributed by atoms with E-state index in [1.54, 1.807) is 0 Å². The number of hydrogen-bond donors (Lipinski definition) is 0. The minimum Gasteiger partial charge on any atom is -0.458 e. The second-order valence-corrected chi connectivity index (χ2v) is 4.69. The standard InChI is InChI=1S/C12H16O3/c1-3-12(4-2)10-8-6-5-7(14-8)9(10)11(13)15-12/h5-10H,3-4H2,1-2H3/t7-,8+,9-,10+/m1/s1. The molecule has 0 aromatic rings. The van der Waals surface area contributed by atoms with Crippen LogP contribution in [-0.2, 0) is 14.3 Å². The molecule has 0 saturated carbocycles. The van der Waals surface area contributed by atoms with Gasteiger partial charge in [-0.3, -0.25) is 4.79 Å². The molecule has 0 amide bonds. The van der Waals surface area contributed by atoms with Crippen LogP contribution in [0.25, 0.3) is 0 Å². The normalized spacial score (nSPS) is 44.5. The lowest BCUT2D eigenvalue weighted by atomic mass is 9.72. The van der Waals surface area contributed by atoms with Gasteiger partial charge in [0.2, 0.25) is 0 Å². The van der Waals surface area contributed by atoms with Gasteiger partial charge in [-0.05, 0) is 12.8 Å². The largest absolute Gasteiger partial charge is 0.458 e. The minimum absolute atomic E-state index is 0.0209. The van der Waals surface area contributed by atoms with Gasteiger partial charge in [0.1, 0.15) is 5.60 Å². The van der Waals surface area contributed by atoms with Crippen LogP contribution in [0.1, 0.15) is 26.7 Å². The van der Waals surface area contributed by atoms with E-state index < -0.39 is 0 Å². The highest BCUT2D eigenvalue weighted by molar-refractivity contribution is 5.78. The van der Waals surface area contributed by atoms with Crippen molar-refractivity contribution in [1.82, 2.24) is 0 Å². The molecule has 2 saturated heterocycles. The van der Waals surface area contributed by atoms with Gasteiger partial charge in [-0.1, -0.05) is 26.0 Å². The molecule has 0 N–H and O–H groups in total. The maximum Gasteiger partial charge on any atom is 0.313 e. The number of carbonyl (C=O) groups is 1. The Hall–Kier alpha value is -0.830. The molecule has 0 unspecified atom stereocenters. The van der Waals surface area contributed by atoms with Crippen molar-refractivity contribution in [2.24, 2.45) is 11.8 Å². The van der Waals surface area contributed by atoms with Gasteiger partial charge in [0, 0.05) is 5.92 Å². The molecule has 0 aliphatic carbocycles. The fraction of sp³-hybridized carbons (Fsp3) is 0.750. The Labute approximate surface area is 89.4 Å². The molecule has 0 spiro atoms. The first kappa shape index (κ1) is 9.40. The monoisotopic (exact) mass is 208 g/mol. The highest BCUT2D eigenvalue weighted by Crippen LogP contribution is 2.53. The van der Waals surface area contributed by atoms with Gasteiger partial charge in [0.05, 0.1) is 18.1 Å². The van der Waals surface area contributed by atoms with Crippen LogP contribution < -0.4 is 0 Å². The topological polar surface area (TPSA) is 35.5 Å². The first-order valence-electron chi connectivity index (χ1n) is 5.78. The summed E-state index contributed by atoms with van der Waals surface area (Å²) in [6, 6.07) is 0. The summed E-state index contributed by atoms with van der Waals surface area (Å²) in [4.78, 5) is 11.8. The molecule has 15 heavy (non-hydrogen) atoms. The summed E-state index contributed by atoms with van der Waals surface area (Å²) in [7, 11) is 0. The van der Waals surface area contributed by atoms with Crippen LogP contribution in [0.2, 0.25) is 0 Å². The summed E-state index contributed by atoms with van der Waals surface area (Å²) in [6.07, 6.45) is 5.95. The summed E-state index contributed by atoms with van der Waals surface area (Å²) < 4.78 is 11.4. The van der Waals surface area contributed by atoms with E-state index in [1.807, 2.05) is 6.08 Å². The zero-order chi connectivity index (χ0) is 10.6. The van der Waals surface area contributed by atoms with E-state index in [-0.39, 0.29) is 35.6 Å². The van der Waals surface area contributed by atoms with E-state index in [4.69, 9.17) is 9.47 Å². The predicted octanol–water partition coefficient (Wildman–Crippen LogP) is 1.67. The van der Waals surface area contributed by atoms with Gasteiger partial charge >= 0.3 is 5.97 Å². The Kier molecular flexibility index (Phi) is 1.78. The lowest BCUT2D eigenvalue weighted by Crippen LogP contribution is -2.40. The van der Waals surface area contributed by atoms with Crippen molar-refractivity contribution in [3.63, 3.8) is 0 Å². The average Bonchev–Trinajstić information content (AvgIpc) is 2.90. The Morgan fingerprint density at radius 2 is 1.93 bits per heavy atom. The van der Waals surface area contributed by atoms with Gasteiger partial charge < -0.3 is 9.47 Å². The molecule has 2 bridgehead atoms. The highest BCUT2D eigenvalue weighted by atomic mass is 16.6. The van der Waals surface area contributed by atoms with Crippen molar-refractivity contribution in [2.45, 2.75) is 44.5 Å². The third-order valence-corrected chi connectivity index (χ3v) is 4.28. The van der Waals surface area contributed by atoms with E-state index in [2.05, 4.69) is 19.9 Å². The maximum atomic E-state index is 11.8. The number of carbonyl (C=O) groups excluding carboxylic acids is 1. The molecule has 82 valence electrons. The maximum absolute atomic E-state index is 11.8. The molecule has 0 aromatic carbocycles. The zero-order valence-corrected chi connectivity index (χ0v) is 9.10. The fourth-order valence-corrected chi connectivity index (χ4v) is 3.42. The van der Waals surface area contributed by atoms with Gasteiger partial charge in [-0.25, -0.2) is 0 Å². The van der Waals surface area contributed by atoms with Crippen molar-refractivity contribution in [1.29, 1.82) is 0 Å². The average molecular weight is 208 g/mol. The van der Waals surface area contributed by atoms with Crippen molar-refractivity contribution < 1.29 is 14.3 Å². The minimum atomic E-state index is -0.272. The third-order valence-electron chi connectivity index (χ3n) is 4.28. The van der Waals surface area contributed by atoms with E-state index in [9.17, 15) is 4.79 Å². The molecule has 4 atom stereocenters. The van der Waals surface area contributed by atoms with E-state index in [0.717, 1.165) is 12.8 Å². The molecule has 2 fully saturated rings. The lowest BCUT2D eigenvalue weighted by molar-refractivity contribution is -0.156. The van der Waals surface area contributed by atoms with Crippen molar-refractivity contribution >= 4 is 5.97 Å². The molecule has 3 heteroatoms. The summed E-state index contributed by atoms with van der Waals surface area (Å²) in [5, 5.41) is 0. The number of fused-ring (bicyclic) bond motifs is 5. The van der Waals surface area contributed by atoms with Gasteiger partial charge in [-0.15, -0.1) is 0 Å². The molecule has 3 rings (SSSR count). The third kappa shape index (κ3) is 0.969. The van der Waals surface area contributed by atoms with Crippen LogP contribution in [0.5, 0.6) is 0 Å². The quantitative estimate of drug-likeness (QED) is 0.511. The molecule has 3 nitrogen and oxygen atoms in total. The Bertz CT molecular complexity index is 330. The number of ether oxygens (including phenoxy) is 2. The van der Waals surface area contributed by atoms with Crippen LogP contribution >= 0.6 is 0 Å². The van der Waals surface area contributed by atoms with Crippen LogP contribution in [0.4, 0.5) is 0 Å². The van der Waals surface area contributed by atoms with E-state index in [1.165, 1.54) is 0 Å². The Balaban J connectivity index is 2.02. The second kappa shape index (κ2) is 2.85. The number of rotatable bonds is 2. The number of esters is 1. The van der Waals surface area contributed by atoms with Gasteiger partial charge in [0.15, 0.2) is 0 Å². The van der Waals surface area contributed by atoms with Crippen LogP contribution in [0, 0.1) is 11.8 Å². The van der Waals surface area contributed by atoms with E-state index >= 15 is 0 Å². The summed E-state index contributed by atoms with van der Waals surface area (Å²) in [5.74, 6) is 0.149. The zero-order valence-electron chi connectivity index (χ0n) is 9.10. The predicted molar refractivity (Wildman–Crippen MR) is 54.2 cm³/mol. The Morgan fingerprint density at radius 3 is 2.60 bits per heavy atom. The van der Waals surface area contributed by atoms with Crippen LogP contribution in [0.15, 0.2) is 12.2 Å². The molecule has 0 radical (unpaired) electrons. The molecule has 3 aliphatic rings. The molecule has 3 aliphatic heterocycles. The molecular formula is C12H16O3. The summed E-state index contributed by atoms with van der Waals surface area (Å²) >= 11 is 0. The highest BCUT2D eigenvalue weighted by Gasteiger charge is 2.64. The summed E-state index contributed by atoms with van der Waals surface area (Å²) in [5.41, 5.74) is -0.272. The van der Waals surface area contributed by atoms with Gasteiger partial charge in [0.25, 0.3) is 0 Å². The summed E-state index contributed by atoms with van der Waals surface area (Å²) in [6.45, 7) is 4.18. The van der Waals surface area contributed by atoms with Crippen molar-refractivity contribution in [2.75, 3.05) is 0 Å². The lowest BCUT2D eigenvalue weighted by Gasteiger charge is -2.32.